The number of nitrogens with one attached hydrogen (secondary N) is 1. The van der Waals surface area contributed by atoms with E-state index >= 15 is 0 Å². The molecular weight excluding hydrogens is 254 g/mol. The van der Waals surface area contributed by atoms with Crippen LogP contribution in [0.25, 0.3) is 0 Å². The Morgan fingerprint density at radius 3 is 2.72 bits per heavy atom. The van der Waals surface area contributed by atoms with Crippen LogP contribution < -0.4 is 5.32 Å². The van der Waals surface area contributed by atoms with Crippen molar-refractivity contribution in [3.05, 3.63) is 29.0 Å². The predicted molar refractivity (Wildman–Crippen MR) is 68.9 cm³/mol. The first-order chi connectivity index (χ1) is 8.60. The average Bonchev–Trinajstić information content (AvgIpc) is 2.86. The first-order valence-corrected chi connectivity index (χ1v) is 6.35. The minimum absolute atomic E-state index is 0.0479. The van der Waals surface area contributed by atoms with Gasteiger partial charge in [0, 0.05) is 17.9 Å². The molecule has 0 aliphatic heterocycles. The maximum atomic E-state index is 5.61. The number of furan rings is 1. The molecule has 1 N–H and O–H groups in total. The highest BCUT2D eigenvalue weighted by molar-refractivity contribution is 6.17. The van der Waals surface area contributed by atoms with E-state index in [1.54, 1.807) is 0 Å². The van der Waals surface area contributed by atoms with Crippen molar-refractivity contribution >= 4 is 17.6 Å². The van der Waals surface area contributed by atoms with Crippen molar-refractivity contribution in [1.82, 2.24) is 10.2 Å². The fourth-order valence-electron chi connectivity index (χ4n) is 1.84. The largest absolute Gasteiger partial charge is 0.466 e. The van der Waals surface area contributed by atoms with Gasteiger partial charge < -0.3 is 14.2 Å². The second-order valence-electron chi connectivity index (χ2n) is 4.17. The van der Waals surface area contributed by atoms with Crippen molar-refractivity contribution in [1.29, 1.82) is 0 Å². The molecule has 0 bridgehead atoms. The van der Waals surface area contributed by atoms with Crippen LogP contribution in [0, 0.1) is 13.8 Å². The minimum Gasteiger partial charge on any atom is -0.466 e. The van der Waals surface area contributed by atoms with Gasteiger partial charge in [0.05, 0.1) is 6.04 Å². The van der Waals surface area contributed by atoms with Gasteiger partial charge in [-0.15, -0.1) is 16.7 Å². The molecule has 2 aromatic rings. The average molecular weight is 270 g/mol. The van der Waals surface area contributed by atoms with Gasteiger partial charge in [0.25, 0.3) is 0 Å². The maximum absolute atomic E-state index is 5.61. The molecule has 18 heavy (non-hydrogen) atoms. The fraction of sp³-hybridized carbons (Fsp3) is 0.500. The van der Waals surface area contributed by atoms with E-state index in [4.69, 9.17) is 20.4 Å². The molecule has 0 aliphatic rings. The highest BCUT2D eigenvalue weighted by Gasteiger charge is 2.15. The molecular formula is C12H16ClN3O2. The Morgan fingerprint density at radius 1 is 1.33 bits per heavy atom. The van der Waals surface area contributed by atoms with E-state index in [9.17, 15) is 0 Å². The second-order valence-corrected chi connectivity index (χ2v) is 4.55. The lowest BCUT2D eigenvalue weighted by Crippen LogP contribution is -2.07. The fourth-order valence-corrected chi connectivity index (χ4v) is 2.00. The molecule has 2 aromatic heterocycles. The molecule has 0 spiro atoms. The number of halogens is 1. The summed E-state index contributed by atoms with van der Waals surface area (Å²) in [6, 6.07) is 2.45. The van der Waals surface area contributed by atoms with E-state index in [1.165, 1.54) is 0 Å². The van der Waals surface area contributed by atoms with E-state index < -0.39 is 0 Å². The van der Waals surface area contributed by atoms with E-state index in [0.717, 1.165) is 17.1 Å². The Labute approximate surface area is 111 Å². The monoisotopic (exact) mass is 269 g/mol. The summed E-state index contributed by atoms with van der Waals surface area (Å²) < 4.78 is 10.9. The first-order valence-electron chi connectivity index (χ1n) is 5.82. The molecule has 98 valence electrons. The van der Waals surface area contributed by atoms with E-state index in [1.807, 2.05) is 26.8 Å². The van der Waals surface area contributed by atoms with Gasteiger partial charge in [0.15, 0.2) is 0 Å². The van der Waals surface area contributed by atoms with Crippen LogP contribution in [0.5, 0.6) is 0 Å². The van der Waals surface area contributed by atoms with Crippen LogP contribution in [0.4, 0.5) is 6.01 Å². The minimum atomic E-state index is 0.0479. The van der Waals surface area contributed by atoms with Gasteiger partial charge in [-0.2, -0.15) is 0 Å². The summed E-state index contributed by atoms with van der Waals surface area (Å²) in [4.78, 5) is 0. The lowest BCUT2D eigenvalue weighted by Gasteiger charge is -2.10. The highest BCUT2D eigenvalue weighted by Crippen LogP contribution is 2.24. The standard InChI is InChI=1S/C12H16ClN3O2/c1-7-6-10(9(3)17-7)8(2)14-12-16-15-11(18-12)4-5-13/h6,8H,4-5H2,1-3H3,(H,14,16). The number of rotatable bonds is 5. The quantitative estimate of drug-likeness (QED) is 0.844. The van der Waals surface area contributed by atoms with Crippen molar-refractivity contribution in [2.24, 2.45) is 0 Å². The lowest BCUT2D eigenvalue weighted by molar-refractivity contribution is 0.495. The van der Waals surface area contributed by atoms with Crippen LogP contribution >= 0.6 is 11.6 Å². The Morgan fingerprint density at radius 2 is 2.11 bits per heavy atom. The molecule has 1 unspecified atom stereocenters. The van der Waals surface area contributed by atoms with E-state index in [2.05, 4.69) is 15.5 Å². The summed E-state index contributed by atoms with van der Waals surface area (Å²) in [6.45, 7) is 5.88. The molecule has 0 aromatic carbocycles. The van der Waals surface area contributed by atoms with Gasteiger partial charge >= 0.3 is 6.01 Å². The second kappa shape index (κ2) is 5.44. The van der Waals surface area contributed by atoms with Crippen molar-refractivity contribution in [3.8, 4) is 0 Å². The first kappa shape index (κ1) is 13.0. The van der Waals surface area contributed by atoms with Crippen molar-refractivity contribution in [2.45, 2.75) is 33.2 Å². The number of aryl methyl sites for hydroxylation is 3. The zero-order valence-electron chi connectivity index (χ0n) is 10.7. The normalized spacial score (nSPS) is 12.7. The van der Waals surface area contributed by atoms with Crippen molar-refractivity contribution in [2.75, 3.05) is 11.2 Å². The topological polar surface area (TPSA) is 64.1 Å². The zero-order chi connectivity index (χ0) is 13.1. The number of nitrogens with zero attached hydrogens (tertiary/aromatic N) is 2. The number of anilines is 1. The SMILES string of the molecule is Cc1cc(C(C)Nc2nnc(CCCl)o2)c(C)o1. The van der Waals surface area contributed by atoms with E-state index in [-0.39, 0.29) is 6.04 Å². The number of hydrogen-bond acceptors (Lipinski definition) is 5. The molecule has 0 fully saturated rings. The number of aromatic nitrogens is 2. The molecule has 5 nitrogen and oxygen atoms in total. The molecule has 0 amide bonds. The van der Waals surface area contributed by atoms with Gasteiger partial charge in [-0.25, -0.2) is 0 Å². The highest BCUT2D eigenvalue weighted by atomic mass is 35.5. The summed E-state index contributed by atoms with van der Waals surface area (Å²) in [5.74, 6) is 2.80. The predicted octanol–water partition coefficient (Wildman–Crippen LogP) is 3.23. The smallest absolute Gasteiger partial charge is 0.315 e. The van der Waals surface area contributed by atoms with Crippen LogP contribution in [0.3, 0.4) is 0 Å². The van der Waals surface area contributed by atoms with Crippen LogP contribution in [0.2, 0.25) is 0 Å². The summed E-state index contributed by atoms with van der Waals surface area (Å²) >= 11 is 5.61. The van der Waals surface area contributed by atoms with E-state index in [0.29, 0.717) is 24.2 Å². The molecule has 1 atom stereocenters. The Kier molecular flexibility index (Phi) is 3.91. The summed E-state index contributed by atoms with van der Waals surface area (Å²) in [6.07, 6.45) is 0.578. The lowest BCUT2D eigenvalue weighted by atomic mass is 10.1. The zero-order valence-corrected chi connectivity index (χ0v) is 11.4. The van der Waals surface area contributed by atoms with Gasteiger partial charge in [-0.1, -0.05) is 5.10 Å². The van der Waals surface area contributed by atoms with Crippen LogP contribution in [0.15, 0.2) is 14.9 Å². The summed E-state index contributed by atoms with van der Waals surface area (Å²) in [7, 11) is 0. The Balaban J connectivity index is 2.06. The van der Waals surface area contributed by atoms with Gasteiger partial charge in [-0.05, 0) is 26.8 Å². The summed E-state index contributed by atoms with van der Waals surface area (Å²) in [5.41, 5.74) is 1.09. The Hall–Kier alpha value is -1.49. The molecule has 0 aliphatic carbocycles. The molecule has 0 saturated carbocycles. The third kappa shape index (κ3) is 2.85. The van der Waals surface area contributed by atoms with Gasteiger partial charge in [0.1, 0.15) is 11.5 Å². The van der Waals surface area contributed by atoms with Crippen molar-refractivity contribution in [3.63, 3.8) is 0 Å². The van der Waals surface area contributed by atoms with Gasteiger partial charge in [0.2, 0.25) is 5.89 Å². The maximum Gasteiger partial charge on any atom is 0.315 e. The van der Waals surface area contributed by atoms with Gasteiger partial charge in [-0.3, -0.25) is 0 Å². The summed E-state index contributed by atoms with van der Waals surface area (Å²) in [5, 5.41) is 11.0. The van der Waals surface area contributed by atoms with Crippen molar-refractivity contribution < 1.29 is 8.83 Å². The Bertz CT molecular complexity index is 521. The third-order valence-electron chi connectivity index (χ3n) is 2.66. The molecule has 0 radical (unpaired) electrons. The van der Waals surface area contributed by atoms with Crippen LogP contribution in [0.1, 0.15) is 35.9 Å². The molecule has 6 heteroatoms. The number of alkyl halides is 1. The van der Waals surface area contributed by atoms with Crippen LogP contribution in [-0.4, -0.2) is 16.1 Å². The third-order valence-corrected chi connectivity index (χ3v) is 2.85. The van der Waals surface area contributed by atoms with Crippen LogP contribution in [-0.2, 0) is 6.42 Å². The molecule has 2 heterocycles. The number of hydrogen-bond donors (Lipinski definition) is 1. The molecule has 2 rings (SSSR count). The molecule has 0 saturated heterocycles.